The molecule has 142 valence electrons. The fourth-order valence-corrected chi connectivity index (χ4v) is 5.03. The van der Waals surface area contributed by atoms with Crippen molar-refractivity contribution >= 4 is 64.4 Å². The van der Waals surface area contributed by atoms with Crippen LogP contribution in [0.1, 0.15) is 31.7 Å². The van der Waals surface area contributed by atoms with Gasteiger partial charge in [-0.25, -0.2) is 4.99 Å². The molecule has 0 saturated heterocycles. The summed E-state index contributed by atoms with van der Waals surface area (Å²) in [5.74, 6) is 0.945. The molecule has 0 amide bonds. The predicted molar refractivity (Wildman–Crippen MR) is 120 cm³/mol. The number of aliphatic imine (C=N–C) groups is 2. The van der Waals surface area contributed by atoms with Gasteiger partial charge in [0.2, 0.25) is 0 Å². The Morgan fingerprint density at radius 3 is 3.00 bits per heavy atom. The highest BCUT2D eigenvalue weighted by Crippen LogP contribution is 2.37. The van der Waals surface area contributed by atoms with E-state index in [4.69, 9.17) is 4.99 Å². The summed E-state index contributed by atoms with van der Waals surface area (Å²) in [5.41, 5.74) is 3.74. The number of nitrogens with one attached hydrogen (secondary N) is 1. The summed E-state index contributed by atoms with van der Waals surface area (Å²) >= 11 is 3.55. The second-order valence-corrected chi connectivity index (χ2v) is 8.05. The predicted octanol–water partition coefficient (Wildman–Crippen LogP) is 5.17. The van der Waals surface area contributed by atoms with E-state index in [0.29, 0.717) is 6.04 Å². The normalized spacial score (nSPS) is 20.0. The van der Waals surface area contributed by atoms with Crippen LogP contribution in [-0.4, -0.2) is 33.6 Å². The molecule has 0 radical (unpaired) electrons. The molecule has 1 N–H and O–H groups in total. The van der Waals surface area contributed by atoms with Crippen LogP contribution in [0.15, 0.2) is 45.4 Å². The minimum atomic E-state index is 0. The highest BCUT2D eigenvalue weighted by molar-refractivity contribution is 8.17. The number of para-hydroxylation sites is 1. The Hall–Kier alpha value is -0.820. The van der Waals surface area contributed by atoms with Crippen molar-refractivity contribution in [2.24, 2.45) is 9.98 Å². The van der Waals surface area contributed by atoms with E-state index in [1.165, 1.54) is 30.5 Å². The first-order valence-corrected chi connectivity index (χ1v) is 10.4. The molecule has 1 atom stereocenters. The Morgan fingerprint density at radius 2 is 2.15 bits per heavy atom. The smallest absolute Gasteiger partial charge is 0.173 e. The second-order valence-electron chi connectivity index (χ2n) is 6.25. The van der Waals surface area contributed by atoms with Gasteiger partial charge in [0.25, 0.3) is 0 Å². The molecular weight excluding hydrogens is 407 g/mol. The average Bonchev–Trinajstić information content (AvgIpc) is 3.22. The van der Waals surface area contributed by atoms with Crippen molar-refractivity contribution in [2.45, 2.75) is 38.8 Å². The molecule has 8 heteroatoms. The molecule has 0 bridgehead atoms. The van der Waals surface area contributed by atoms with Gasteiger partial charge < -0.3 is 10.2 Å². The summed E-state index contributed by atoms with van der Waals surface area (Å²) in [6, 6.07) is 8.96. The Balaban J connectivity index is 0.00000121. The van der Waals surface area contributed by atoms with E-state index in [-0.39, 0.29) is 24.8 Å². The molecule has 4 nitrogen and oxygen atoms in total. The van der Waals surface area contributed by atoms with Gasteiger partial charge in [-0.2, -0.15) is 0 Å². The molecule has 3 aliphatic rings. The van der Waals surface area contributed by atoms with Crippen molar-refractivity contribution in [1.82, 2.24) is 10.2 Å². The second kappa shape index (κ2) is 9.93. The van der Waals surface area contributed by atoms with E-state index < -0.39 is 0 Å². The maximum Gasteiger partial charge on any atom is 0.173 e. The molecular formula is C18H24Cl2N4S2. The first-order chi connectivity index (χ1) is 11.8. The number of hydrogen-bond donors (Lipinski definition) is 1. The van der Waals surface area contributed by atoms with Gasteiger partial charge in [-0.15, -0.1) is 24.8 Å². The van der Waals surface area contributed by atoms with E-state index in [1.54, 1.807) is 11.8 Å². The molecule has 3 heterocycles. The van der Waals surface area contributed by atoms with Crippen LogP contribution in [-0.2, 0) is 6.54 Å². The van der Waals surface area contributed by atoms with Gasteiger partial charge in [0.15, 0.2) is 10.3 Å². The first-order valence-electron chi connectivity index (χ1n) is 8.57. The zero-order valence-corrected chi connectivity index (χ0v) is 17.9. The number of fused-ring (bicyclic) bond motifs is 2. The summed E-state index contributed by atoms with van der Waals surface area (Å²) in [4.78, 5) is 11.8. The SMILES string of the molecule is CCCCC1CN=C(SCC2=CSC3=Nc4ccccc4CN23)N1.Cl.Cl. The average molecular weight is 431 g/mol. The fourth-order valence-electron chi connectivity index (χ4n) is 3.07. The molecule has 4 rings (SSSR count). The molecule has 0 saturated carbocycles. The quantitative estimate of drug-likeness (QED) is 0.698. The van der Waals surface area contributed by atoms with Crippen LogP contribution >= 0.6 is 48.3 Å². The molecule has 1 aromatic rings. The van der Waals surface area contributed by atoms with E-state index >= 15 is 0 Å². The minimum absolute atomic E-state index is 0. The lowest BCUT2D eigenvalue weighted by molar-refractivity contribution is 0.519. The number of benzene rings is 1. The number of halogens is 2. The summed E-state index contributed by atoms with van der Waals surface area (Å²) in [6.45, 7) is 4.10. The molecule has 3 aliphatic heterocycles. The van der Waals surface area contributed by atoms with Crippen molar-refractivity contribution in [3.8, 4) is 0 Å². The number of nitrogens with zero attached hydrogens (tertiary/aromatic N) is 3. The zero-order valence-electron chi connectivity index (χ0n) is 14.7. The van der Waals surface area contributed by atoms with Gasteiger partial charge >= 0.3 is 0 Å². The van der Waals surface area contributed by atoms with Crippen molar-refractivity contribution in [3.63, 3.8) is 0 Å². The summed E-state index contributed by atoms with van der Waals surface area (Å²) in [6.07, 6.45) is 3.76. The molecule has 0 aliphatic carbocycles. The topological polar surface area (TPSA) is 40.0 Å². The molecule has 1 unspecified atom stereocenters. The number of amidine groups is 2. The number of rotatable bonds is 5. The summed E-state index contributed by atoms with van der Waals surface area (Å²) in [5, 5.41) is 8.01. The van der Waals surface area contributed by atoms with E-state index in [1.807, 2.05) is 11.8 Å². The summed E-state index contributed by atoms with van der Waals surface area (Å²) in [7, 11) is 0. The Labute approximate surface area is 176 Å². The fraction of sp³-hybridized carbons (Fsp3) is 0.444. The van der Waals surface area contributed by atoms with Gasteiger partial charge in [-0.3, -0.25) is 4.99 Å². The van der Waals surface area contributed by atoms with Gasteiger partial charge in [0.1, 0.15) is 0 Å². The lowest BCUT2D eigenvalue weighted by Crippen LogP contribution is -2.30. The van der Waals surface area contributed by atoms with Crippen LogP contribution in [0.25, 0.3) is 0 Å². The van der Waals surface area contributed by atoms with Gasteiger partial charge in [-0.1, -0.05) is 61.5 Å². The third-order valence-electron chi connectivity index (χ3n) is 4.46. The van der Waals surface area contributed by atoms with Crippen LogP contribution < -0.4 is 5.32 Å². The van der Waals surface area contributed by atoms with E-state index in [2.05, 4.69) is 51.8 Å². The third-order valence-corrected chi connectivity index (χ3v) is 6.33. The standard InChI is InChI=1S/C18H22N4S2.2ClH/c1-2-3-7-14-9-19-17(20-14)23-11-15-12-24-18-21-16-8-5-4-6-13(16)10-22(15)18;;/h4-6,8,12,14H,2-3,7,9-11H2,1H3,(H,19,20);2*1H. The van der Waals surface area contributed by atoms with Crippen LogP contribution in [0.3, 0.4) is 0 Å². The minimum Gasteiger partial charge on any atom is -0.360 e. The van der Waals surface area contributed by atoms with Crippen molar-refractivity contribution in [2.75, 3.05) is 12.3 Å². The van der Waals surface area contributed by atoms with Crippen molar-refractivity contribution < 1.29 is 0 Å². The number of hydrogen-bond acceptors (Lipinski definition) is 6. The largest absolute Gasteiger partial charge is 0.360 e. The molecule has 0 spiro atoms. The highest BCUT2D eigenvalue weighted by atomic mass is 35.5. The van der Waals surface area contributed by atoms with Crippen LogP contribution in [0.2, 0.25) is 0 Å². The molecule has 0 fully saturated rings. The van der Waals surface area contributed by atoms with Crippen LogP contribution in [0.5, 0.6) is 0 Å². The number of thioether (sulfide) groups is 2. The number of unbranched alkanes of at least 4 members (excludes halogenated alkanes) is 1. The third kappa shape index (κ3) is 4.71. The lowest BCUT2D eigenvalue weighted by atomic mass is 10.1. The first kappa shape index (κ1) is 21.5. The zero-order chi connectivity index (χ0) is 16.4. The maximum absolute atomic E-state index is 4.78. The Kier molecular flexibility index (Phi) is 8.20. The highest BCUT2D eigenvalue weighted by Gasteiger charge is 2.28. The molecule has 0 aromatic heterocycles. The van der Waals surface area contributed by atoms with Gasteiger partial charge in [0.05, 0.1) is 18.8 Å². The Bertz CT molecular complexity index is 721. The maximum atomic E-state index is 4.78. The van der Waals surface area contributed by atoms with Crippen molar-refractivity contribution in [3.05, 3.63) is 40.9 Å². The van der Waals surface area contributed by atoms with E-state index in [9.17, 15) is 0 Å². The van der Waals surface area contributed by atoms with Crippen LogP contribution in [0, 0.1) is 0 Å². The van der Waals surface area contributed by atoms with E-state index in [0.717, 1.165) is 34.9 Å². The van der Waals surface area contributed by atoms with Crippen molar-refractivity contribution in [1.29, 1.82) is 0 Å². The molecule has 1 aromatic carbocycles. The van der Waals surface area contributed by atoms with Crippen LogP contribution in [0.4, 0.5) is 5.69 Å². The Morgan fingerprint density at radius 1 is 1.31 bits per heavy atom. The van der Waals surface area contributed by atoms with Gasteiger partial charge in [-0.05, 0) is 23.5 Å². The summed E-state index contributed by atoms with van der Waals surface area (Å²) < 4.78 is 0. The van der Waals surface area contributed by atoms with Gasteiger partial charge in [0, 0.05) is 17.5 Å². The monoisotopic (exact) mass is 430 g/mol. The molecule has 26 heavy (non-hydrogen) atoms. The lowest BCUT2D eigenvalue weighted by Gasteiger charge is -2.26.